The average molecular weight is 298 g/mol. The molecule has 1 saturated carbocycles. The van der Waals surface area contributed by atoms with Crippen LogP contribution in [0.25, 0.3) is 0 Å². The second-order valence-electron chi connectivity index (χ2n) is 7.98. The van der Waals surface area contributed by atoms with Gasteiger partial charge in [0.05, 0.1) is 5.69 Å². The number of anilines is 1. The van der Waals surface area contributed by atoms with Gasteiger partial charge in [0.25, 0.3) is 0 Å². The van der Waals surface area contributed by atoms with Crippen LogP contribution in [-0.2, 0) is 5.41 Å². The van der Waals surface area contributed by atoms with Crippen molar-refractivity contribution in [3.8, 4) is 5.75 Å². The summed E-state index contributed by atoms with van der Waals surface area (Å²) in [4.78, 5) is 2.79. The van der Waals surface area contributed by atoms with Crippen molar-refractivity contribution in [2.24, 2.45) is 5.41 Å². The van der Waals surface area contributed by atoms with Gasteiger partial charge >= 0.3 is 0 Å². The molecular formula is C19H26N2O. The van der Waals surface area contributed by atoms with Gasteiger partial charge in [-0.25, -0.2) is 0 Å². The van der Waals surface area contributed by atoms with E-state index in [-0.39, 0.29) is 5.41 Å². The molecule has 2 N–H and O–H groups in total. The lowest BCUT2D eigenvalue weighted by molar-refractivity contribution is -0.0309. The third-order valence-corrected chi connectivity index (χ3v) is 7.49. The first-order valence-corrected chi connectivity index (χ1v) is 9.04. The number of nitrogens with zero attached hydrogens (tertiary/aromatic N) is 1. The summed E-state index contributed by atoms with van der Waals surface area (Å²) in [6.45, 7) is 4.91. The molecule has 3 aliphatic heterocycles. The normalized spacial score (nSPS) is 42.4. The van der Waals surface area contributed by atoms with E-state index in [0.717, 1.165) is 5.69 Å². The van der Waals surface area contributed by atoms with Gasteiger partial charge < -0.3 is 10.4 Å². The van der Waals surface area contributed by atoms with Crippen LogP contribution in [0.3, 0.4) is 0 Å². The monoisotopic (exact) mass is 298 g/mol. The number of phenolic OH excluding ortho intramolecular Hbond substituents is 1. The summed E-state index contributed by atoms with van der Waals surface area (Å²) in [7, 11) is 0. The Kier molecular flexibility index (Phi) is 2.52. The molecule has 1 spiro atoms. The number of nitrogens with one attached hydrogen (secondary N) is 1. The van der Waals surface area contributed by atoms with Crippen LogP contribution in [0.1, 0.15) is 51.0 Å². The highest BCUT2D eigenvalue weighted by Gasteiger charge is 2.66. The second kappa shape index (κ2) is 4.19. The first-order chi connectivity index (χ1) is 10.7. The minimum atomic E-state index is 0.239. The summed E-state index contributed by atoms with van der Waals surface area (Å²) < 4.78 is 0. The van der Waals surface area contributed by atoms with Crippen molar-refractivity contribution in [3.05, 3.63) is 23.8 Å². The fourth-order valence-electron chi connectivity index (χ4n) is 6.65. The minimum absolute atomic E-state index is 0.239. The van der Waals surface area contributed by atoms with Gasteiger partial charge in [-0.15, -0.1) is 0 Å². The molecular weight excluding hydrogens is 272 g/mol. The lowest BCUT2D eigenvalue weighted by atomic mass is 9.52. The van der Waals surface area contributed by atoms with Crippen molar-refractivity contribution in [1.29, 1.82) is 0 Å². The van der Waals surface area contributed by atoms with Crippen LogP contribution < -0.4 is 5.32 Å². The SMILES string of the molecule is CCC12CCCN3CCC4(c5cccc(O)c5NC4CC1)C32. The van der Waals surface area contributed by atoms with E-state index < -0.39 is 0 Å². The van der Waals surface area contributed by atoms with Gasteiger partial charge in [-0.1, -0.05) is 19.1 Å². The van der Waals surface area contributed by atoms with Gasteiger partial charge in [-0.05, 0) is 68.7 Å². The smallest absolute Gasteiger partial charge is 0.138 e. The first kappa shape index (κ1) is 13.2. The van der Waals surface area contributed by atoms with Crippen molar-refractivity contribution >= 4 is 5.69 Å². The second-order valence-corrected chi connectivity index (χ2v) is 7.98. The maximum absolute atomic E-state index is 10.3. The van der Waals surface area contributed by atoms with E-state index in [1.807, 2.05) is 12.1 Å². The molecule has 4 aliphatic rings. The summed E-state index contributed by atoms with van der Waals surface area (Å²) in [5.74, 6) is 0.442. The van der Waals surface area contributed by atoms with Crippen molar-refractivity contribution < 1.29 is 5.11 Å². The van der Waals surface area contributed by atoms with Crippen molar-refractivity contribution in [3.63, 3.8) is 0 Å². The highest BCUT2D eigenvalue weighted by molar-refractivity contribution is 5.71. The van der Waals surface area contributed by atoms with E-state index in [4.69, 9.17) is 0 Å². The Labute approximate surface area is 132 Å². The number of piperidine rings is 1. The number of hydrogen-bond acceptors (Lipinski definition) is 3. The predicted molar refractivity (Wildman–Crippen MR) is 88.4 cm³/mol. The van der Waals surface area contributed by atoms with Gasteiger partial charge in [-0.3, -0.25) is 4.90 Å². The van der Waals surface area contributed by atoms with E-state index in [2.05, 4.69) is 23.2 Å². The summed E-state index contributed by atoms with van der Waals surface area (Å²) in [5, 5.41) is 14.1. The number of phenols is 1. The molecule has 118 valence electrons. The Balaban J connectivity index is 1.73. The average Bonchev–Trinajstić information content (AvgIpc) is 3.10. The molecule has 4 unspecified atom stereocenters. The topological polar surface area (TPSA) is 35.5 Å². The zero-order valence-corrected chi connectivity index (χ0v) is 13.4. The number of hydrogen-bond donors (Lipinski definition) is 2. The zero-order valence-electron chi connectivity index (χ0n) is 13.4. The van der Waals surface area contributed by atoms with Crippen molar-refractivity contribution in [1.82, 2.24) is 4.90 Å². The molecule has 0 amide bonds. The van der Waals surface area contributed by atoms with Crippen LogP contribution in [0, 0.1) is 5.41 Å². The number of aromatic hydroxyl groups is 1. The number of rotatable bonds is 1. The van der Waals surface area contributed by atoms with Gasteiger partial charge in [-0.2, -0.15) is 0 Å². The molecule has 0 radical (unpaired) electrons. The fourth-order valence-corrected chi connectivity index (χ4v) is 6.65. The lowest BCUT2D eigenvalue weighted by Gasteiger charge is -2.58. The zero-order chi connectivity index (χ0) is 14.9. The largest absolute Gasteiger partial charge is 0.506 e. The Morgan fingerprint density at radius 2 is 2.18 bits per heavy atom. The molecule has 0 aromatic heterocycles. The van der Waals surface area contributed by atoms with Crippen LogP contribution in [0.15, 0.2) is 18.2 Å². The minimum Gasteiger partial charge on any atom is -0.506 e. The molecule has 3 fully saturated rings. The summed E-state index contributed by atoms with van der Waals surface area (Å²) in [5.41, 5.74) is 3.18. The highest BCUT2D eigenvalue weighted by Crippen LogP contribution is 2.64. The molecule has 1 aromatic carbocycles. The maximum atomic E-state index is 10.3. The molecule has 3 heterocycles. The van der Waals surface area contributed by atoms with Crippen LogP contribution in [0.5, 0.6) is 5.75 Å². The molecule has 5 rings (SSSR count). The quantitative estimate of drug-likeness (QED) is 0.779. The number of benzene rings is 1. The predicted octanol–water partition coefficient (Wildman–Crippen LogP) is 3.48. The van der Waals surface area contributed by atoms with Crippen molar-refractivity contribution in [2.45, 2.75) is 62.9 Å². The van der Waals surface area contributed by atoms with E-state index in [1.165, 1.54) is 57.2 Å². The Morgan fingerprint density at radius 1 is 1.27 bits per heavy atom. The summed E-state index contributed by atoms with van der Waals surface area (Å²) in [6.07, 6.45) is 7.92. The summed E-state index contributed by atoms with van der Waals surface area (Å²) >= 11 is 0. The highest BCUT2D eigenvalue weighted by atomic mass is 16.3. The molecule has 0 bridgehead atoms. The molecule has 3 heteroatoms. The number of fused-ring (bicyclic) bond motifs is 1. The van der Waals surface area contributed by atoms with E-state index in [0.29, 0.717) is 23.2 Å². The van der Waals surface area contributed by atoms with E-state index in [9.17, 15) is 5.11 Å². The van der Waals surface area contributed by atoms with E-state index >= 15 is 0 Å². The van der Waals surface area contributed by atoms with E-state index in [1.54, 1.807) is 0 Å². The molecule has 22 heavy (non-hydrogen) atoms. The van der Waals surface area contributed by atoms with Gasteiger partial charge in [0, 0.05) is 17.5 Å². The van der Waals surface area contributed by atoms with Crippen LogP contribution >= 0.6 is 0 Å². The van der Waals surface area contributed by atoms with Gasteiger partial charge in [0.15, 0.2) is 0 Å². The Morgan fingerprint density at radius 3 is 3.05 bits per heavy atom. The Bertz CT molecular complexity index is 630. The molecule has 1 aromatic rings. The van der Waals surface area contributed by atoms with Crippen molar-refractivity contribution in [2.75, 3.05) is 18.4 Å². The standard InChI is InChI=1S/C19H26N2O/c1-2-18-8-4-11-21-12-10-19(17(18)21)13-5-3-6-14(22)16(13)20-15(19)7-9-18/h3,5-6,15,17,20,22H,2,4,7-12H2,1H3. The fraction of sp³-hybridized carbons (Fsp3) is 0.684. The van der Waals surface area contributed by atoms with Crippen LogP contribution in [0.4, 0.5) is 5.69 Å². The van der Waals surface area contributed by atoms with Gasteiger partial charge in [0.2, 0.25) is 0 Å². The Hall–Kier alpha value is -1.22. The summed E-state index contributed by atoms with van der Waals surface area (Å²) in [6, 6.07) is 7.35. The molecule has 1 aliphatic carbocycles. The third-order valence-electron chi connectivity index (χ3n) is 7.49. The van der Waals surface area contributed by atoms with Crippen LogP contribution in [0.2, 0.25) is 0 Å². The number of para-hydroxylation sites is 1. The molecule has 3 nitrogen and oxygen atoms in total. The third kappa shape index (κ3) is 1.33. The van der Waals surface area contributed by atoms with Gasteiger partial charge in [0.1, 0.15) is 5.75 Å². The molecule has 2 saturated heterocycles. The van der Waals surface area contributed by atoms with Crippen LogP contribution in [-0.4, -0.2) is 35.2 Å². The maximum Gasteiger partial charge on any atom is 0.138 e. The lowest BCUT2D eigenvalue weighted by Crippen LogP contribution is -2.63. The first-order valence-electron chi connectivity index (χ1n) is 9.04. The molecule has 4 atom stereocenters.